The number of anilines is 1. The number of alkyl halides is 3. The number of halogens is 3. The maximum absolute atomic E-state index is 12.6. The van der Waals surface area contributed by atoms with Crippen LogP contribution in [0.1, 0.15) is 23.2 Å². The summed E-state index contributed by atoms with van der Waals surface area (Å²) in [4.78, 5) is 13.8. The fourth-order valence-corrected chi connectivity index (χ4v) is 2.52. The standard InChI is InChI=1S/C14H17F3N2O2/c1-21-11-4-2-3-10(18)12(11)13(20)19-7-5-9(6-8-19)14(15,16)17/h2-4,9H,5-8,18H2,1H3. The number of hydrogen-bond acceptors (Lipinski definition) is 3. The van der Waals surface area contributed by atoms with Crippen molar-refractivity contribution >= 4 is 11.6 Å². The van der Waals surface area contributed by atoms with Gasteiger partial charge in [-0.1, -0.05) is 6.07 Å². The third kappa shape index (κ3) is 3.22. The van der Waals surface area contributed by atoms with Crippen LogP contribution in [0.25, 0.3) is 0 Å². The van der Waals surface area contributed by atoms with Crippen molar-refractivity contribution in [2.45, 2.75) is 19.0 Å². The predicted octanol–water partition coefficient (Wildman–Crippen LogP) is 2.69. The van der Waals surface area contributed by atoms with E-state index in [2.05, 4.69) is 0 Å². The van der Waals surface area contributed by atoms with Crippen molar-refractivity contribution in [2.24, 2.45) is 5.92 Å². The number of likely N-dealkylation sites (tertiary alicyclic amines) is 1. The van der Waals surface area contributed by atoms with Gasteiger partial charge in [0.05, 0.1) is 13.0 Å². The lowest BCUT2D eigenvalue weighted by atomic mass is 9.95. The molecule has 1 saturated heterocycles. The second kappa shape index (κ2) is 5.83. The SMILES string of the molecule is COc1cccc(N)c1C(=O)N1CCC(C(F)(F)F)CC1. The Morgan fingerprint density at radius 3 is 2.48 bits per heavy atom. The first-order chi connectivity index (χ1) is 9.84. The summed E-state index contributed by atoms with van der Waals surface area (Å²) in [5.74, 6) is -1.39. The van der Waals surface area contributed by atoms with Crippen molar-refractivity contribution in [3.63, 3.8) is 0 Å². The fraction of sp³-hybridized carbons (Fsp3) is 0.500. The van der Waals surface area contributed by atoms with Crippen molar-refractivity contribution in [2.75, 3.05) is 25.9 Å². The van der Waals surface area contributed by atoms with Crippen molar-refractivity contribution < 1.29 is 22.7 Å². The van der Waals surface area contributed by atoms with E-state index in [-0.39, 0.29) is 43.1 Å². The van der Waals surface area contributed by atoms with Crippen molar-refractivity contribution in [3.05, 3.63) is 23.8 Å². The van der Waals surface area contributed by atoms with Crippen molar-refractivity contribution in [1.29, 1.82) is 0 Å². The van der Waals surface area contributed by atoms with Crippen LogP contribution < -0.4 is 10.5 Å². The second-order valence-corrected chi connectivity index (χ2v) is 5.03. The van der Waals surface area contributed by atoms with Crippen LogP contribution in [0.5, 0.6) is 5.75 Å². The van der Waals surface area contributed by atoms with Gasteiger partial charge >= 0.3 is 6.18 Å². The molecule has 0 radical (unpaired) electrons. The predicted molar refractivity (Wildman–Crippen MR) is 72.1 cm³/mol. The van der Waals surface area contributed by atoms with E-state index in [0.717, 1.165) is 0 Å². The van der Waals surface area contributed by atoms with Gasteiger partial charge in [-0.15, -0.1) is 0 Å². The number of rotatable bonds is 2. The number of piperidine rings is 1. The van der Waals surface area contributed by atoms with Gasteiger partial charge < -0.3 is 15.4 Å². The van der Waals surface area contributed by atoms with Gasteiger partial charge in [0.1, 0.15) is 11.3 Å². The van der Waals surface area contributed by atoms with E-state index in [4.69, 9.17) is 10.5 Å². The molecule has 0 bridgehead atoms. The first-order valence-electron chi connectivity index (χ1n) is 6.63. The van der Waals surface area contributed by atoms with Crippen molar-refractivity contribution in [1.82, 2.24) is 4.90 Å². The average Bonchev–Trinajstić information content (AvgIpc) is 2.45. The fourth-order valence-electron chi connectivity index (χ4n) is 2.52. The molecular formula is C14H17F3N2O2. The molecule has 1 aliphatic rings. The van der Waals surface area contributed by atoms with E-state index in [1.165, 1.54) is 12.0 Å². The molecule has 2 rings (SSSR count). The summed E-state index contributed by atoms with van der Waals surface area (Å²) in [6.45, 7) is 0.140. The molecule has 1 aliphatic heterocycles. The minimum atomic E-state index is -4.20. The number of carbonyl (C=O) groups is 1. The number of nitrogens with two attached hydrogens (primary N) is 1. The van der Waals surface area contributed by atoms with Crippen LogP contribution in [0.4, 0.5) is 18.9 Å². The molecule has 0 aliphatic carbocycles. The molecule has 4 nitrogen and oxygen atoms in total. The molecule has 1 aromatic rings. The lowest BCUT2D eigenvalue weighted by molar-refractivity contribution is -0.183. The summed E-state index contributed by atoms with van der Waals surface area (Å²) in [7, 11) is 1.42. The Balaban J connectivity index is 2.13. The van der Waals surface area contributed by atoms with Crippen LogP contribution in [-0.4, -0.2) is 37.2 Å². The van der Waals surface area contributed by atoms with Crippen LogP contribution in [-0.2, 0) is 0 Å². The smallest absolute Gasteiger partial charge is 0.391 e. The Morgan fingerprint density at radius 1 is 1.33 bits per heavy atom. The number of nitrogens with zero attached hydrogens (tertiary/aromatic N) is 1. The molecule has 0 saturated carbocycles. The third-order valence-corrected chi connectivity index (χ3v) is 3.74. The maximum Gasteiger partial charge on any atom is 0.391 e. The lowest BCUT2D eigenvalue weighted by Crippen LogP contribution is -2.42. The van der Waals surface area contributed by atoms with Gasteiger partial charge in [-0.05, 0) is 25.0 Å². The van der Waals surface area contributed by atoms with Crippen LogP contribution in [0.15, 0.2) is 18.2 Å². The molecule has 2 N–H and O–H groups in total. The number of benzene rings is 1. The number of methoxy groups -OCH3 is 1. The Bertz CT molecular complexity index is 523. The molecule has 0 unspecified atom stereocenters. The van der Waals surface area contributed by atoms with Crippen LogP contribution in [0.3, 0.4) is 0 Å². The largest absolute Gasteiger partial charge is 0.496 e. The first kappa shape index (κ1) is 15.5. The summed E-state index contributed by atoms with van der Waals surface area (Å²) in [6.07, 6.45) is -4.35. The summed E-state index contributed by atoms with van der Waals surface area (Å²) < 4.78 is 43.0. The van der Waals surface area contributed by atoms with Gasteiger partial charge in [-0.3, -0.25) is 4.79 Å². The monoisotopic (exact) mass is 302 g/mol. The van der Waals surface area contributed by atoms with E-state index in [9.17, 15) is 18.0 Å². The minimum absolute atomic E-state index is 0.0699. The van der Waals surface area contributed by atoms with E-state index < -0.39 is 12.1 Å². The Hall–Kier alpha value is -1.92. The minimum Gasteiger partial charge on any atom is -0.496 e. The maximum atomic E-state index is 12.6. The zero-order valence-electron chi connectivity index (χ0n) is 11.6. The van der Waals surface area contributed by atoms with Crippen LogP contribution in [0.2, 0.25) is 0 Å². The van der Waals surface area contributed by atoms with Gasteiger partial charge in [-0.25, -0.2) is 0 Å². The Morgan fingerprint density at radius 2 is 1.95 bits per heavy atom. The van der Waals surface area contributed by atoms with Crippen LogP contribution in [0, 0.1) is 5.92 Å². The molecule has 1 aromatic carbocycles. The second-order valence-electron chi connectivity index (χ2n) is 5.03. The topological polar surface area (TPSA) is 55.6 Å². The van der Waals surface area contributed by atoms with Gasteiger partial charge in [0.2, 0.25) is 0 Å². The van der Waals surface area contributed by atoms with Gasteiger partial charge in [0.25, 0.3) is 5.91 Å². The zero-order chi connectivity index (χ0) is 15.6. The van der Waals surface area contributed by atoms with Crippen LogP contribution >= 0.6 is 0 Å². The molecule has 1 heterocycles. The van der Waals surface area contributed by atoms with E-state index in [1.54, 1.807) is 18.2 Å². The summed E-state index contributed by atoms with van der Waals surface area (Å²) in [6, 6.07) is 4.82. The number of hydrogen-bond donors (Lipinski definition) is 1. The number of amides is 1. The highest BCUT2D eigenvalue weighted by Crippen LogP contribution is 2.35. The molecule has 0 atom stereocenters. The number of nitrogen functional groups attached to an aromatic ring is 1. The lowest BCUT2D eigenvalue weighted by Gasteiger charge is -2.33. The van der Waals surface area contributed by atoms with E-state index in [0.29, 0.717) is 5.75 Å². The highest BCUT2D eigenvalue weighted by molar-refractivity contribution is 6.01. The molecule has 116 valence electrons. The molecule has 0 spiro atoms. The number of carbonyl (C=O) groups excluding carboxylic acids is 1. The number of ether oxygens (including phenoxy) is 1. The van der Waals surface area contributed by atoms with E-state index >= 15 is 0 Å². The summed E-state index contributed by atoms with van der Waals surface area (Å²) in [5, 5.41) is 0. The highest BCUT2D eigenvalue weighted by atomic mass is 19.4. The summed E-state index contributed by atoms with van der Waals surface area (Å²) >= 11 is 0. The van der Waals surface area contributed by atoms with Gasteiger partial charge in [-0.2, -0.15) is 13.2 Å². The Labute approximate surface area is 120 Å². The third-order valence-electron chi connectivity index (χ3n) is 3.74. The van der Waals surface area contributed by atoms with Gasteiger partial charge in [0.15, 0.2) is 0 Å². The quantitative estimate of drug-likeness (QED) is 0.855. The Kier molecular flexibility index (Phi) is 4.29. The normalized spacial score (nSPS) is 16.9. The first-order valence-corrected chi connectivity index (χ1v) is 6.63. The molecule has 0 aromatic heterocycles. The highest BCUT2D eigenvalue weighted by Gasteiger charge is 2.42. The summed E-state index contributed by atoms with van der Waals surface area (Å²) in [5.41, 5.74) is 6.27. The average molecular weight is 302 g/mol. The molecule has 7 heteroatoms. The molecule has 1 amide bonds. The zero-order valence-corrected chi connectivity index (χ0v) is 11.6. The molecule has 21 heavy (non-hydrogen) atoms. The molecular weight excluding hydrogens is 285 g/mol. The van der Waals surface area contributed by atoms with Gasteiger partial charge in [0, 0.05) is 18.8 Å². The molecule has 1 fully saturated rings. The van der Waals surface area contributed by atoms with E-state index in [1.807, 2.05) is 0 Å². The van der Waals surface area contributed by atoms with Crippen molar-refractivity contribution in [3.8, 4) is 5.75 Å².